The first-order valence-corrected chi connectivity index (χ1v) is 9.21. The first-order chi connectivity index (χ1) is 12.5. The SMILES string of the molecule is Cc1nccn1CC(=O)N1CCC(Cc2cnc(CN(C)C)cn2)CC1. The third kappa shape index (κ3) is 4.88. The van der Waals surface area contributed by atoms with Gasteiger partial charge in [-0.1, -0.05) is 0 Å². The number of nitrogens with zero attached hydrogens (tertiary/aromatic N) is 6. The summed E-state index contributed by atoms with van der Waals surface area (Å²) in [6, 6.07) is 0. The van der Waals surface area contributed by atoms with Crippen LogP contribution in [0.1, 0.15) is 30.1 Å². The van der Waals surface area contributed by atoms with Crippen molar-refractivity contribution in [3.63, 3.8) is 0 Å². The second-order valence-corrected chi connectivity index (χ2v) is 7.37. The number of hydrogen-bond donors (Lipinski definition) is 0. The Balaban J connectivity index is 1.46. The number of imidazole rings is 1. The van der Waals surface area contributed by atoms with Gasteiger partial charge in [0.2, 0.25) is 5.91 Å². The standard InChI is InChI=1S/C19H28N6O/c1-15-20-6-9-25(15)14-19(26)24-7-4-16(5-8-24)10-17-11-22-18(12-21-17)13-23(2)3/h6,9,11-12,16H,4-5,7-8,10,13-14H2,1-3H3. The highest BCUT2D eigenvalue weighted by molar-refractivity contribution is 5.76. The monoisotopic (exact) mass is 356 g/mol. The van der Waals surface area contributed by atoms with Crippen LogP contribution < -0.4 is 0 Å². The van der Waals surface area contributed by atoms with E-state index in [1.54, 1.807) is 6.20 Å². The number of piperidine rings is 1. The molecule has 3 rings (SSSR count). The van der Waals surface area contributed by atoms with Gasteiger partial charge in [0.1, 0.15) is 12.4 Å². The van der Waals surface area contributed by atoms with Gasteiger partial charge in [-0.05, 0) is 46.2 Å². The number of amides is 1. The Labute approximate surface area is 155 Å². The fraction of sp³-hybridized carbons (Fsp3) is 0.579. The lowest BCUT2D eigenvalue weighted by atomic mass is 9.92. The molecule has 3 heterocycles. The van der Waals surface area contributed by atoms with Crippen LogP contribution >= 0.6 is 0 Å². The van der Waals surface area contributed by atoms with Crippen LogP contribution in [0, 0.1) is 12.8 Å². The van der Waals surface area contributed by atoms with Gasteiger partial charge in [-0.2, -0.15) is 0 Å². The van der Waals surface area contributed by atoms with Crippen molar-refractivity contribution >= 4 is 5.91 Å². The van der Waals surface area contributed by atoms with Gasteiger partial charge in [0.15, 0.2) is 0 Å². The predicted octanol–water partition coefficient (Wildman–Crippen LogP) is 1.52. The summed E-state index contributed by atoms with van der Waals surface area (Å²) in [5.74, 6) is 1.63. The molecule has 0 radical (unpaired) electrons. The van der Waals surface area contributed by atoms with E-state index >= 15 is 0 Å². The van der Waals surface area contributed by atoms with E-state index < -0.39 is 0 Å². The second-order valence-electron chi connectivity index (χ2n) is 7.37. The summed E-state index contributed by atoms with van der Waals surface area (Å²) in [5.41, 5.74) is 2.04. The maximum Gasteiger partial charge on any atom is 0.242 e. The minimum Gasteiger partial charge on any atom is -0.341 e. The summed E-state index contributed by atoms with van der Waals surface area (Å²) in [4.78, 5) is 29.8. The summed E-state index contributed by atoms with van der Waals surface area (Å²) in [7, 11) is 4.05. The number of likely N-dealkylation sites (tertiary alicyclic amines) is 1. The molecule has 0 aliphatic carbocycles. The highest BCUT2D eigenvalue weighted by Gasteiger charge is 2.23. The van der Waals surface area contributed by atoms with Crippen LogP contribution in [0.3, 0.4) is 0 Å². The molecule has 0 unspecified atom stereocenters. The second kappa shape index (κ2) is 8.40. The molecule has 0 bridgehead atoms. The normalized spacial score (nSPS) is 15.6. The molecule has 0 spiro atoms. The van der Waals surface area contributed by atoms with Crippen LogP contribution in [-0.2, 0) is 24.3 Å². The van der Waals surface area contributed by atoms with Gasteiger partial charge >= 0.3 is 0 Å². The minimum atomic E-state index is 0.178. The van der Waals surface area contributed by atoms with E-state index in [2.05, 4.69) is 19.9 Å². The molecule has 1 aliphatic heterocycles. The highest BCUT2D eigenvalue weighted by atomic mass is 16.2. The van der Waals surface area contributed by atoms with E-state index in [-0.39, 0.29) is 5.91 Å². The molecule has 0 aromatic carbocycles. The Morgan fingerprint density at radius 2 is 1.85 bits per heavy atom. The molecule has 1 saturated heterocycles. The van der Waals surface area contributed by atoms with E-state index in [1.165, 1.54) is 0 Å². The number of rotatable bonds is 6. The van der Waals surface area contributed by atoms with E-state index in [1.807, 2.05) is 49.1 Å². The molecule has 140 valence electrons. The Kier molecular flexibility index (Phi) is 5.98. The first-order valence-electron chi connectivity index (χ1n) is 9.21. The van der Waals surface area contributed by atoms with Gasteiger partial charge in [0, 0.05) is 38.2 Å². The molecule has 2 aromatic heterocycles. The largest absolute Gasteiger partial charge is 0.341 e. The van der Waals surface area contributed by atoms with Crippen LogP contribution in [0.4, 0.5) is 0 Å². The van der Waals surface area contributed by atoms with Crippen LogP contribution in [-0.4, -0.2) is 62.4 Å². The molecule has 2 aromatic rings. The fourth-order valence-electron chi connectivity index (χ4n) is 3.39. The third-order valence-electron chi connectivity index (χ3n) is 4.93. The quantitative estimate of drug-likeness (QED) is 0.785. The fourth-order valence-corrected chi connectivity index (χ4v) is 3.39. The number of carbonyl (C=O) groups is 1. The zero-order valence-corrected chi connectivity index (χ0v) is 15.9. The van der Waals surface area contributed by atoms with Crippen LogP contribution in [0.15, 0.2) is 24.8 Å². The summed E-state index contributed by atoms with van der Waals surface area (Å²) in [6.45, 7) is 4.76. The maximum atomic E-state index is 12.5. The van der Waals surface area contributed by atoms with Crippen molar-refractivity contribution in [2.45, 2.75) is 39.3 Å². The summed E-state index contributed by atoms with van der Waals surface area (Å²) >= 11 is 0. The third-order valence-corrected chi connectivity index (χ3v) is 4.93. The van der Waals surface area contributed by atoms with Crippen molar-refractivity contribution < 1.29 is 4.79 Å². The van der Waals surface area contributed by atoms with Gasteiger partial charge < -0.3 is 14.4 Å². The molecule has 7 heteroatoms. The maximum absolute atomic E-state index is 12.5. The van der Waals surface area contributed by atoms with Crippen molar-refractivity contribution in [3.05, 3.63) is 42.0 Å². The van der Waals surface area contributed by atoms with Crippen molar-refractivity contribution in [2.75, 3.05) is 27.2 Å². The number of aromatic nitrogens is 4. The smallest absolute Gasteiger partial charge is 0.242 e. The highest BCUT2D eigenvalue weighted by Crippen LogP contribution is 2.21. The van der Waals surface area contributed by atoms with Gasteiger partial charge in [0.05, 0.1) is 17.6 Å². The summed E-state index contributed by atoms with van der Waals surface area (Å²) < 4.78 is 1.90. The zero-order chi connectivity index (χ0) is 18.5. The topological polar surface area (TPSA) is 67.2 Å². The molecule has 26 heavy (non-hydrogen) atoms. The minimum absolute atomic E-state index is 0.178. The zero-order valence-electron chi connectivity index (χ0n) is 15.9. The molecule has 7 nitrogen and oxygen atoms in total. The number of carbonyl (C=O) groups excluding carboxylic acids is 1. The number of aryl methyl sites for hydroxylation is 1. The number of hydrogen-bond acceptors (Lipinski definition) is 5. The lowest BCUT2D eigenvalue weighted by molar-refractivity contribution is -0.133. The lowest BCUT2D eigenvalue weighted by Crippen LogP contribution is -2.40. The molecule has 1 fully saturated rings. The van der Waals surface area contributed by atoms with Crippen LogP contribution in [0.2, 0.25) is 0 Å². The van der Waals surface area contributed by atoms with Crippen molar-refractivity contribution in [1.29, 1.82) is 0 Å². The van der Waals surface area contributed by atoms with E-state index in [9.17, 15) is 4.79 Å². The van der Waals surface area contributed by atoms with E-state index in [0.717, 1.165) is 56.1 Å². The lowest BCUT2D eigenvalue weighted by Gasteiger charge is -2.32. The molecule has 1 amide bonds. The molecular formula is C19H28N6O. The van der Waals surface area contributed by atoms with E-state index in [4.69, 9.17) is 0 Å². The summed E-state index contributed by atoms with van der Waals surface area (Å²) in [6.07, 6.45) is 10.4. The average Bonchev–Trinajstić information content (AvgIpc) is 3.01. The molecule has 0 atom stereocenters. The van der Waals surface area contributed by atoms with Gasteiger partial charge in [-0.15, -0.1) is 0 Å². The van der Waals surface area contributed by atoms with Gasteiger partial charge in [-0.3, -0.25) is 14.8 Å². The first kappa shape index (κ1) is 18.5. The average molecular weight is 356 g/mol. The molecule has 0 N–H and O–H groups in total. The Bertz CT molecular complexity index is 716. The van der Waals surface area contributed by atoms with Crippen molar-refractivity contribution in [3.8, 4) is 0 Å². The molecule has 1 aliphatic rings. The van der Waals surface area contributed by atoms with Crippen LogP contribution in [0.25, 0.3) is 0 Å². The van der Waals surface area contributed by atoms with Gasteiger partial charge in [0.25, 0.3) is 0 Å². The van der Waals surface area contributed by atoms with Crippen molar-refractivity contribution in [1.82, 2.24) is 29.3 Å². The van der Waals surface area contributed by atoms with E-state index in [0.29, 0.717) is 12.5 Å². The Hall–Kier alpha value is -2.28. The van der Waals surface area contributed by atoms with Crippen LogP contribution in [0.5, 0.6) is 0 Å². The predicted molar refractivity (Wildman–Crippen MR) is 99.4 cm³/mol. The Morgan fingerprint density at radius 3 is 2.42 bits per heavy atom. The van der Waals surface area contributed by atoms with Gasteiger partial charge in [-0.25, -0.2) is 4.98 Å². The molecule has 0 saturated carbocycles. The Morgan fingerprint density at radius 1 is 1.15 bits per heavy atom. The summed E-state index contributed by atoms with van der Waals surface area (Å²) in [5, 5.41) is 0. The van der Waals surface area contributed by atoms with Crippen molar-refractivity contribution in [2.24, 2.45) is 5.92 Å². The molecular weight excluding hydrogens is 328 g/mol.